The molecule has 0 saturated heterocycles. The van der Waals surface area contributed by atoms with Crippen LogP contribution in [0.25, 0.3) is 23.0 Å². The van der Waals surface area contributed by atoms with Crippen molar-refractivity contribution in [3.63, 3.8) is 0 Å². The maximum atomic E-state index is 6.59. The summed E-state index contributed by atoms with van der Waals surface area (Å²) in [6, 6.07) is 26.7. The normalized spacial score (nSPS) is 21.5. The fraction of sp³-hybridized carbons (Fsp3) is 0.129. The van der Waals surface area contributed by atoms with Gasteiger partial charge in [0.2, 0.25) is 0 Å². The number of halogens is 1. The first-order valence-electron chi connectivity index (χ1n) is 12.2. The molecule has 174 valence electrons. The van der Waals surface area contributed by atoms with E-state index in [4.69, 9.17) is 31.3 Å². The molecule has 5 heteroatoms. The third-order valence-corrected chi connectivity index (χ3v) is 7.31. The summed E-state index contributed by atoms with van der Waals surface area (Å²) >= 11 is 6.59. The number of benzene rings is 3. The predicted octanol–water partition coefficient (Wildman–Crippen LogP) is 6.96. The molecule has 3 atom stereocenters. The third-order valence-electron chi connectivity index (χ3n) is 7.08. The molecular formula is C31H22ClN3O. The van der Waals surface area contributed by atoms with Gasteiger partial charge in [-0.3, -0.25) is 0 Å². The SMILES string of the molecule is ClC1=CC2Oc3ccccc3C2C(c2nc(-c3ccccc3)nc(C3C=Cc4ccccc4C3)n2)=C1. The van der Waals surface area contributed by atoms with Gasteiger partial charge in [-0.2, -0.15) is 0 Å². The van der Waals surface area contributed by atoms with Crippen molar-refractivity contribution in [2.24, 2.45) is 0 Å². The summed E-state index contributed by atoms with van der Waals surface area (Å²) < 4.78 is 6.25. The van der Waals surface area contributed by atoms with Crippen molar-refractivity contribution in [2.75, 3.05) is 0 Å². The topological polar surface area (TPSA) is 47.9 Å². The Morgan fingerprint density at radius 3 is 2.50 bits per heavy atom. The van der Waals surface area contributed by atoms with Crippen molar-refractivity contribution in [1.82, 2.24) is 15.0 Å². The van der Waals surface area contributed by atoms with Gasteiger partial charge in [0.15, 0.2) is 11.6 Å². The van der Waals surface area contributed by atoms with Crippen LogP contribution in [0.4, 0.5) is 0 Å². The predicted molar refractivity (Wildman–Crippen MR) is 143 cm³/mol. The van der Waals surface area contributed by atoms with E-state index in [0.29, 0.717) is 16.7 Å². The van der Waals surface area contributed by atoms with Gasteiger partial charge < -0.3 is 4.74 Å². The zero-order valence-electron chi connectivity index (χ0n) is 19.4. The van der Waals surface area contributed by atoms with Crippen LogP contribution in [0.2, 0.25) is 0 Å². The van der Waals surface area contributed by atoms with Gasteiger partial charge >= 0.3 is 0 Å². The molecule has 2 aliphatic carbocycles. The van der Waals surface area contributed by atoms with E-state index >= 15 is 0 Å². The van der Waals surface area contributed by atoms with Crippen LogP contribution in [0, 0.1) is 0 Å². The molecule has 1 aromatic heterocycles. The van der Waals surface area contributed by atoms with Crippen LogP contribution in [0.15, 0.2) is 102 Å². The fourth-order valence-electron chi connectivity index (χ4n) is 5.35. The smallest absolute Gasteiger partial charge is 0.163 e. The number of nitrogens with zero attached hydrogens (tertiary/aromatic N) is 3. The zero-order chi connectivity index (χ0) is 24.1. The Labute approximate surface area is 214 Å². The molecule has 3 unspecified atom stereocenters. The summed E-state index contributed by atoms with van der Waals surface area (Å²) in [6.07, 6.45) is 8.99. The molecule has 0 N–H and O–H groups in total. The molecule has 4 aromatic rings. The van der Waals surface area contributed by atoms with Crippen LogP contribution < -0.4 is 4.74 Å². The molecule has 7 rings (SSSR count). The van der Waals surface area contributed by atoms with Crippen molar-refractivity contribution in [3.8, 4) is 17.1 Å². The highest BCUT2D eigenvalue weighted by molar-refractivity contribution is 6.32. The standard InChI is InChI=1S/C31H22ClN3O/c32-23-17-25(28-24-12-6-7-13-26(24)36-27(28)18-23)31-34-29(20-9-2-1-3-10-20)33-30(35-31)22-15-14-19-8-4-5-11-21(19)16-22/h1-15,17-18,22,27-28H,16H2. The number of ether oxygens (including phenoxy) is 1. The van der Waals surface area contributed by atoms with E-state index in [2.05, 4.69) is 42.5 Å². The summed E-state index contributed by atoms with van der Waals surface area (Å²) in [6.45, 7) is 0. The maximum absolute atomic E-state index is 6.59. The lowest BCUT2D eigenvalue weighted by atomic mass is 9.84. The van der Waals surface area contributed by atoms with Crippen LogP contribution in [0.1, 0.15) is 40.2 Å². The molecule has 1 aliphatic heterocycles. The Kier molecular flexibility index (Phi) is 5.07. The van der Waals surface area contributed by atoms with Gasteiger partial charge in [0.1, 0.15) is 17.7 Å². The minimum absolute atomic E-state index is 0.0230. The van der Waals surface area contributed by atoms with Crippen molar-refractivity contribution >= 4 is 23.3 Å². The van der Waals surface area contributed by atoms with Gasteiger partial charge in [-0.25, -0.2) is 15.0 Å². The summed E-state index contributed by atoms with van der Waals surface area (Å²) in [5.74, 6) is 2.99. The average molecular weight is 488 g/mol. The molecule has 4 nitrogen and oxygen atoms in total. The second-order valence-electron chi connectivity index (χ2n) is 9.32. The lowest BCUT2D eigenvalue weighted by Gasteiger charge is -2.24. The van der Waals surface area contributed by atoms with E-state index < -0.39 is 0 Å². The zero-order valence-corrected chi connectivity index (χ0v) is 20.1. The third kappa shape index (κ3) is 3.66. The van der Waals surface area contributed by atoms with E-state index in [9.17, 15) is 0 Å². The molecule has 0 amide bonds. The maximum Gasteiger partial charge on any atom is 0.163 e. The monoisotopic (exact) mass is 487 g/mol. The second-order valence-corrected chi connectivity index (χ2v) is 9.76. The molecular weight excluding hydrogens is 466 g/mol. The number of fused-ring (bicyclic) bond motifs is 4. The molecule has 0 spiro atoms. The molecule has 36 heavy (non-hydrogen) atoms. The number of rotatable bonds is 3. The van der Waals surface area contributed by atoms with Crippen molar-refractivity contribution in [2.45, 2.75) is 24.4 Å². The van der Waals surface area contributed by atoms with Crippen molar-refractivity contribution in [1.29, 1.82) is 0 Å². The van der Waals surface area contributed by atoms with Crippen molar-refractivity contribution < 1.29 is 4.74 Å². The number of para-hydroxylation sites is 1. The van der Waals surface area contributed by atoms with Crippen LogP contribution in [-0.4, -0.2) is 21.1 Å². The lowest BCUT2D eigenvalue weighted by molar-refractivity contribution is 0.271. The van der Waals surface area contributed by atoms with Crippen LogP contribution in [-0.2, 0) is 6.42 Å². The number of aromatic nitrogens is 3. The van der Waals surface area contributed by atoms with Crippen LogP contribution in [0.3, 0.4) is 0 Å². The van der Waals surface area contributed by atoms with Crippen LogP contribution in [0.5, 0.6) is 5.75 Å². The number of hydrogen-bond donors (Lipinski definition) is 0. The van der Waals surface area contributed by atoms with Gasteiger partial charge in [0.25, 0.3) is 0 Å². The molecule has 0 radical (unpaired) electrons. The van der Waals surface area contributed by atoms with E-state index in [1.807, 2.05) is 60.7 Å². The molecule has 0 saturated carbocycles. The fourth-order valence-corrected chi connectivity index (χ4v) is 5.59. The Morgan fingerprint density at radius 1 is 0.806 bits per heavy atom. The second kappa shape index (κ2) is 8.58. The first-order valence-corrected chi connectivity index (χ1v) is 12.5. The molecule has 3 aromatic carbocycles. The van der Waals surface area contributed by atoms with Gasteiger partial charge in [-0.1, -0.05) is 96.5 Å². The molecule has 3 aliphatic rings. The summed E-state index contributed by atoms with van der Waals surface area (Å²) in [5, 5.41) is 0.633. The Balaban J connectivity index is 1.38. The van der Waals surface area contributed by atoms with Gasteiger partial charge in [0, 0.05) is 27.7 Å². The van der Waals surface area contributed by atoms with Gasteiger partial charge in [0.05, 0.1) is 5.92 Å². The molecule has 2 heterocycles. The summed E-state index contributed by atoms with van der Waals surface area (Å²) in [4.78, 5) is 15.0. The van der Waals surface area contributed by atoms with E-state index in [1.165, 1.54) is 11.1 Å². The summed E-state index contributed by atoms with van der Waals surface area (Å²) in [5.41, 5.74) is 5.60. The number of allylic oxidation sites excluding steroid dienone is 3. The van der Waals surface area contributed by atoms with E-state index in [1.54, 1.807) is 0 Å². The van der Waals surface area contributed by atoms with E-state index in [-0.39, 0.29) is 17.9 Å². The Bertz CT molecular complexity index is 1570. The first kappa shape index (κ1) is 21.3. The van der Waals surface area contributed by atoms with Crippen molar-refractivity contribution in [3.05, 3.63) is 130 Å². The quantitative estimate of drug-likeness (QED) is 0.313. The Morgan fingerprint density at radius 2 is 1.58 bits per heavy atom. The van der Waals surface area contributed by atoms with Gasteiger partial charge in [-0.15, -0.1) is 0 Å². The average Bonchev–Trinajstić information content (AvgIpc) is 3.30. The number of hydrogen-bond acceptors (Lipinski definition) is 4. The minimum Gasteiger partial charge on any atom is -0.485 e. The highest BCUT2D eigenvalue weighted by atomic mass is 35.5. The van der Waals surface area contributed by atoms with Gasteiger partial charge in [-0.05, 0) is 35.8 Å². The lowest BCUT2D eigenvalue weighted by Crippen LogP contribution is -2.22. The summed E-state index contributed by atoms with van der Waals surface area (Å²) in [7, 11) is 0. The first-order chi connectivity index (χ1) is 17.7. The van der Waals surface area contributed by atoms with Crippen LogP contribution >= 0.6 is 11.6 Å². The highest BCUT2D eigenvalue weighted by Crippen LogP contribution is 2.48. The Hall–Kier alpha value is -4.02. The van der Waals surface area contributed by atoms with E-state index in [0.717, 1.165) is 34.7 Å². The largest absolute Gasteiger partial charge is 0.485 e. The molecule has 0 fully saturated rings. The molecule has 0 bridgehead atoms. The minimum atomic E-state index is -0.184. The highest BCUT2D eigenvalue weighted by Gasteiger charge is 2.39.